The molecule has 5 aromatic rings. The van der Waals surface area contributed by atoms with Crippen LogP contribution >= 0.6 is 11.8 Å². The zero-order valence-electron chi connectivity index (χ0n) is 26.3. The Morgan fingerprint density at radius 2 is 1.39 bits per heavy atom. The van der Waals surface area contributed by atoms with Crippen molar-refractivity contribution in [1.29, 1.82) is 0 Å². The van der Waals surface area contributed by atoms with Crippen LogP contribution in [0.25, 0.3) is 43.6 Å². The van der Waals surface area contributed by atoms with E-state index in [2.05, 4.69) is 117 Å². The number of nitrogens with zero attached hydrogens (tertiary/aromatic N) is 1. The van der Waals surface area contributed by atoms with Crippen molar-refractivity contribution in [1.82, 2.24) is 4.98 Å². The fraction of sp³-hybridized carbons (Fsp3) is 0.395. The number of benzene rings is 4. The molecule has 0 atom stereocenters. The Balaban J connectivity index is 1.68. The lowest BCUT2D eigenvalue weighted by Crippen LogP contribution is -2.14. The topological polar surface area (TPSA) is 12.9 Å². The molecule has 0 unspecified atom stereocenters. The van der Waals surface area contributed by atoms with E-state index < -0.39 is 0 Å². The number of rotatable bonds is 3. The summed E-state index contributed by atoms with van der Waals surface area (Å²) in [5.41, 5.74) is 7.65. The minimum atomic E-state index is 0.148. The molecule has 1 aliphatic heterocycles. The zero-order chi connectivity index (χ0) is 29.5. The van der Waals surface area contributed by atoms with Gasteiger partial charge in [-0.15, -0.1) is 0 Å². The summed E-state index contributed by atoms with van der Waals surface area (Å²) in [6.45, 7) is 20.9. The summed E-state index contributed by atoms with van der Waals surface area (Å²) >= 11 is 1.94. The van der Waals surface area contributed by atoms with Crippen LogP contribution in [0.1, 0.15) is 79.0 Å². The van der Waals surface area contributed by atoms with Crippen LogP contribution in [0, 0.1) is 16.2 Å². The van der Waals surface area contributed by atoms with Gasteiger partial charge in [-0.2, -0.15) is 0 Å². The summed E-state index contributed by atoms with van der Waals surface area (Å²) in [7, 11) is 6.59. The van der Waals surface area contributed by atoms with Crippen LogP contribution in [0.5, 0.6) is 0 Å². The highest BCUT2D eigenvalue weighted by Crippen LogP contribution is 2.52. The molecule has 0 spiro atoms. The van der Waals surface area contributed by atoms with Crippen molar-refractivity contribution in [2.45, 2.75) is 91.4 Å². The molecule has 6 rings (SSSR count). The average Bonchev–Trinajstić information content (AvgIpc) is 2.82. The molecule has 0 fully saturated rings. The highest BCUT2D eigenvalue weighted by Gasteiger charge is 2.28. The Morgan fingerprint density at radius 3 is 2.07 bits per heavy atom. The number of fused-ring (bicyclic) bond motifs is 5. The van der Waals surface area contributed by atoms with Crippen molar-refractivity contribution in [3.05, 3.63) is 71.3 Å². The highest BCUT2D eigenvalue weighted by atomic mass is 32.2. The van der Waals surface area contributed by atoms with Crippen LogP contribution in [0.4, 0.5) is 0 Å². The Kier molecular flexibility index (Phi) is 6.66. The molecule has 3 heteroatoms. The molecular weight excluding hydrogens is 513 g/mol. The molecule has 2 radical (unpaired) electrons. The Labute approximate surface area is 251 Å². The summed E-state index contributed by atoms with van der Waals surface area (Å²) in [5.74, 6) is 0. The second kappa shape index (κ2) is 9.63. The highest BCUT2D eigenvalue weighted by molar-refractivity contribution is 8.00. The first-order chi connectivity index (χ1) is 19.1. The summed E-state index contributed by atoms with van der Waals surface area (Å²) in [6.07, 6.45) is 3.08. The lowest BCUT2D eigenvalue weighted by molar-refractivity contribution is 0.410. The van der Waals surface area contributed by atoms with Crippen molar-refractivity contribution in [2.75, 3.05) is 0 Å². The fourth-order valence-electron chi connectivity index (χ4n) is 6.59. The predicted octanol–water partition coefficient (Wildman–Crippen LogP) is 10.2. The van der Waals surface area contributed by atoms with E-state index in [0.717, 1.165) is 25.0 Å². The van der Waals surface area contributed by atoms with Gasteiger partial charge in [-0.1, -0.05) is 110 Å². The van der Waals surface area contributed by atoms with Gasteiger partial charge in [0.2, 0.25) is 0 Å². The van der Waals surface area contributed by atoms with E-state index in [1.165, 1.54) is 64.4 Å². The van der Waals surface area contributed by atoms with E-state index in [4.69, 9.17) is 12.8 Å². The Bertz CT molecular complexity index is 1840. The molecule has 1 aromatic heterocycles. The van der Waals surface area contributed by atoms with E-state index in [-0.39, 0.29) is 16.2 Å². The third-order valence-corrected chi connectivity index (χ3v) is 9.15. The van der Waals surface area contributed by atoms with Gasteiger partial charge in [0.05, 0.1) is 5.69 Å². The van der Waals surface area contributed by atoms with E-state index in [0.29, 0.717) is 5.59 Å². The third-order valence-electron chi connectivity index (χ3n) is 7.94. The van der Waals surface area contributed by atoms with Gasteiger partial charge in [0, 0.05) is 20.7 Å². The van der Waals surface area contributed by atoms with Gasteiger partial charge < -0.3 is 0 Å². The number of pyridine rings is 1. The van der Waals surface area contributed by atoms with Crippen molar-refractivity contribution in [3.63, 3.8) is 0 Å². The van der Waals surface area contributed by atoms with Gasteiger partial charge in [0.1, 0.15) is 7.85 Å². The summed E-state index contributed by atoms with van der Waals surface area (Å²) in [5, 5.41) is 7.73. The summed E-state index contributed by atoms with van der Waals surface area (Å²) < 4.78 is 0. The first-order valence-electron chi connectivity index (χ1n) is 15.0. The van der Waals surface area contributed by atoms with Crippen LogP contribution in [-0.4, -0.2) is 12.8 Å². The molecule has 0 amide bonds. The third kappa shape index (κ3) is 5.55. The van der Waals surface area contributed by atoms with Gasteiger partial charge >= 0.3 is 0 Å². The van der Waals surface area contributed by atoms with E-state index in [1.54, 1.807) is 0 Å². The Hall–Kier alpha value is -2.78. The lowest BCUT2D eigenvalue weighted by Gasteiger charge is -2.28. The number of aromatic nitrogens is 1. The summed E-state index contributed by atoms with van der Waals surface area (Å²) in [6, 6.07) is 20.8. The van der Waals surface area contributed by atoms with E-state index in [1.807, 2.05) is 11.8 Å². The molecule has 1 nitrogen and oxygen atoms in total. The van der Waals surface area contributed by atoms with Crippen molar-refractivity contribution in [2.24, 2.45) is 16.2 Å². The van der Waals surface area contributed by atoms with Crippen LogP contribution in [0.15, 0.2) is 64.4 Å². The van der Waals surface area contributed by atoms with Crippen LogP contribution in [0.2, 0.25) is 0 Å². The SMILES string of the molecule is [B]c1cc2c3c(cc4c(CC(C)(C)C)cccc42)Sc2c(cc4cc(CC(C)(C)C)ccc4c2CC(C)(C)C)-c3n1. The molecule has 208 valence electrons. The van der Waals surface area contributed by atoms with Gasteiger partial charge in [0.15, 0.2) is 0 Å². The molecular formula is C38H42BNS. The largest absolute Gasteiger partial charge is 0.264 e. The standard InChI is InChI=1S/C38H42BNS/c1-36(2,3)19-22-13-14-25-24(15-22)16-29-34-33-28(18-32(39)40-34)26-12-10-11-23(20-37(4,5)6)27(26)17-31(33)41-35(29)30(25)21-38(7,8)9/h10-18H,19-21H2,1-9H3. The maximum Gasteiger partial charge on any atom is 0.141 e. The molecule has 2 heterocycles. The van der Waals surface area contributed by atoms with Gasteiger partial charge in [0.25, 0.3) is 0 Å². The van der Waals surface area contributed by atoms with E-state index in [9.17, 15) is 0 Å². The van der Waals surface area contributed by atoms with Crippen LogP contribution in [-0.2, 0) is 19.3 Å². The second-order valence-corrected chi connectivity index (χ2v) is 16.9. The van der Waals surface area contributed by atoms with Crippen LogP contribution in [0.3, 0.4) is 0 Å². The number of hydrogen-bond acceptors (Lipinski definition) is 2. The van der Waals surface area contributed by atoms with Gasteiger partial charge in [-0.25, -0.2) is 0 Å². The average molecular weight is 556 g/mol. The first-order valence-corrected chi connectivity index (χ1v) is 15.8. The van der Waals surface area contributed by atoms with Crippen molar-refractivity contribution in [3.8, 4) is 11.3 Å². The van der Waals surface area contributed by atoms with Gasteiger partial charge in [-0.3, -0.25) is 4.98 Å². The first kappa shape index (κ1) is 28.3. The molecule has 0 saturated heterocycles. The molecule has 4 aromatic carbocycles. The van der Waals surface area contributed by atoms with Gasteiger partial charge in [-0.05, 0) is 103 Å². The zero-order valence-corrected chi connectivity index (χ0v) is 27.1. The number of hydrogen-bond donors (Lipinski definition) is 0. The molecule has 0 aliphatic carbocycles. The van der Waals surface area contributed by atoms with Crippen molar-refractivity contribution < 1.29 is 0 Å². The predicted molar refractivity (Wildman–Crippen MR) is 181 cm³/mol. The molecule has 1 aliphatic rings. The molecule has 0 bridgehead atoms. The lowest BCUT2D eigenvalue weighted by atomic mass is 9.82. The van der Waals surface area contributed by atoms with Crippen LogP contribution < -0.4 is 5.59 Å². The molecule has 41 heavy (non-hydrogen) atoms. The maximum absolute atomic E-state index is 6.59. The maximum atomic E-state index is 6.59. The van der Waals surface area contributed by atoms with Crippen molar-refractivity contribution >= 4 is 57.5 Å². The minimum absolute atomic E-state index is 0.148. The monoisotopic (exact) mass is 555 g/mol. The molecule has 0 saturated carbocycles. The Morgan fingerprint density at radius 1 is 0.683 bits per heavy atom. The van der Waals surface area contributed by atoms with E-state index >= 15 is 0 Å². The quantitative estimate of drug-likeness (QED) is 0.159. The molecule has 0 N–H and O–H groups in total. The smallest absolute Gasteiger partial charge is 0.141 e. The normalized spacial score (nSPS) is 13.8. The fourth-order valence-corrected chi connectivity index (χ4v) is 7.87. The summed E-state index contributed by atoms with van der Waals surface area (Å²) in [4.78, 5) is 7.69. The second-order valence-electron chi connectivity index (χ2n) is 15.8. The minimum Gasteiger partial charge on any atom is -0.264 e.